The number of carbonyl (C=O) groups excluding carboxylic acids is 2. The lowest BCUT2D eigenvalue weighted by molar-refractivity contribution is -0.133. The molecular formula is C25H29N7O3. The lowest BCUT2D eigenvalue weighted by Crippen LogP contribution is -2.51. The van der Waals surface area contributed by atoms with Crippen molar-refractivity contribution >= 4 is 34.2 Å². The van der Waals surface area contributed by atoms with E-state index >= 15 is 0 Å². The smallest absolute Gasteiger partial charge is 0.247 e. The first-order chi connectivity index (χ1) is 16.9. The summed E-state index contributed by atoms with van der Waals surface area (Å²) in [7, 11) is 3.55. The van der Waals surface area contributed by atoms with Crippen molar-refractivity contribution in [1.29, 1.82) is 0 Å². The Morgan fingerprint density at radius 3 is 2.60 bits per heavy atom. The topological polar surface area (TPSA) is 113 Å². The van der Waals surface area contributed by atoms with Crippen molar-refractivity contribution in [3.8, 4) is 17.0 Å². The van der Waals surface area contributed by atoms with Gasteiger partial charge in [-0.25, -0.2) is 15.0 Å². The van der Waals surface area contributed by atoms with E-state index in [0.717, 1.165) is 35.1 Å². The van der Waals surface area contributed by atoms with Crippen LogP contribution in [0.25, 0.3) is 22.0 Å². The molecule has 3 aromatic rings. The summed E-state index contributed by atoms with van der Waals surface area (Å²) >= 11 is 0. The molecule has 2 aromatic heterocycles. The zero-order valence-corrected chi connectivity index (χ0v) is 20.1. The summed E-state index contributed by atoms with van der Waals surface area (Å²) < 4.78 is 5.26. The summed E-state index contributed by atoms with van der Waals surface area (Å²) in [4.78, 5) is 42.0. The highest BCUT2D eigenvalue weighted by Crippen LogP contribution is 2.31. The third kappa shape index (κ3) is 5.38. The Hall–Kier alpha value is -4.05. The van der Waals surface area contributed by atoms with E-state index in [-0.39, 0.29) is 11.8 Å². The van der Waals surface area contributed by atoms with E-state index in [1.54, 1.807) is 12.3 Å². The SMILES string of the molecule is C=CC(=O)Nc1cc(-c2ccc3ncnc(N[C@@H](C)C(=O)N4CCN(C)CC4)c3c2)cnc1OC. The molecule has 182 valence electrons. The van der Waals surface area contributed by atoms with Crippen molar-refractivity contribution in [2.45, 2.75) is 13.0 Å². The maximum Gasteiger partial charge on any atom is 0.247 e. The largest absolute Gasteiger partial charge is 0.480 e. The van der Waals surface area contributed by atoms with Gasteiger partial charge in [-0.05, 0) is 43.8 Å². The highest BCUT2D eigenvalue weighted by atomic mass is 16.5. The minimum Gasteiger partial charge on any atom is -0.480 e. The first-order valence-electron chi connectivity index (χ1n) is 11.4. The maximum atomic E-state index is 13.0. The maximum absolute atomic E-state index is 13.0. The van der Waals surface area contributed by atoms with Crippen LogP contribution in [0.2, 0.25) is 0 Å². The Kier molecular flexibility index (Phi) is 7.21. The van der Waals surface area contributed by atoms with Gasteiger partial charge in [0, 0.05) is 43.3 Å². The highest BCUT2D eigenvalue weighted by Gasteiger charge is 2.24. The monoisotopic (exact) mass is 475 g/mol. The van der Waals surface area contributed by atoms with Gasteiger partial charge in [-0.15, -0.1) is 0 Å². The van der Waals surface area contributed by atoms with Crippen LogP contribution in [0, 0.1) is 0 Å². The number of methoxy groups -OCH3 is 1. The average Bonchev–Trinajstić information content (AvgIpc) is 2.88. The van der Waals surface area contributed by atoms with Crippen LogP contribution >= 0.6 is 0 Å². The van der Waals surface area contributed by atoms with Crippen LogP contribution in [-0.4, -0.2) is 82.9 Å². The molecule has 0 spiro atoms. The molecular weight excluding hydrogens is 446 g/mol. The number of rotatable bonds is 7. The van der Waals surface area contributed by atoms with Crippen LogP contribution in [0.5, 0.6) is 5.88 Å². The van der Waals surface area contributed by atoms with E-state index in [4.69, 9.17) is 4.74 Å². The molecule has 35 heavy (non-hydrogen) atoms. The van der Waals surface area contributed by atoms with Gasteiger partial charge in [0.2, 0.25) is 17.7 Å². The van der Waals surface area contributed by atoms with E-state index in [1.807, 2.05) is 30.0 Å². The van der Waals surface area contributed by atoms with Gasteiger partial charge in [-0.3, -0.25) is 9.59 Å². The Bertz CT molecular complexity index is 1260. The summed E-state index contributed by atoms with van der Waals surface area (Å²) in [6.07, 6.45) is 4.33. The normalized spacial score (nSPS) is 14.9. The summed E-state index contributed by atoms with van der Waals surface area (Å²) in [5.41, 5.74) is 2.79. The van der Waals surface area contributed by atoms with Crippen LogP contribution in [0.3, 0.4) is 0 Å². The summed E-state index contributed by atoms with van der Waals surface area (Å²) in [5.74, 6) is 0.558. The van der Waals surface area contributed by atoms with Gasteiger partial charge >= 0.3 is 0 Å². The number of hydrogen-bond donors (Lipinski definition) is 2. The number of hydrogen-bond acceptors (Lipinski definition) is 8. The lowest BCUT2D eigenvalue weighted by atomic mass is 10.0. The van der Waals surface area contributed by atoms with Gasteiger partial charge in [0.25, 0.3) is 0 Å². The molecule has 1 fully saturated rings. The van der Waals surface area contributed by atoms with Crippen molar-refractivity contribution in [3.63, 3.8) is 0 Å². The van der Waals surface area contributed by atoms with Crippen molar-refractivity contribution < 1.29 is 14.3 Å². The minimum atomic E-state index is -0.441. The molecule has 0 saturated carbocycles. The van der Waals surface area contributed by atoms with Gasteiger partial charge in [-0.2, -0.15) is 0 Å². The molecule has 2 amide bonds. The van der Waals surface area contributed by atoms with Gasteiger partial charge < -0.3 is 25.2 Å². The number of ether oxygens (including phenoxy) is 1. The first-order valence-corrected chi connectivity index (χ1v) is 11.4. The van der Waals surface area contributed by atoms with Crippen molar-refractivity contribution in [2.24, 2.45) is 0 Å². The molecule has 1 saturated heterocycles. The molecule has 0 unspecified atom stereocenters. The zero-order chi connectivity index (χ0) is 24.9. The van der Waals surface area contributed by atoms with Crippen molar-refractivity contribution in [3.05, 3.63) is 49.4 Å². The average molecular weight is 476 g/mol. The molecule has 0 radical (unpaired) electrons. The molecule has 1 aliphatic heterocycles. The molecule has 0 aliphatic carbocycles. The summed E-state index contributed by atoms with van der Waals surface area (Å²) in [5, 5.41) is 6.76. The third-order valence-corrected chi connectivity index (χ3v) is 6.00. The third-order valence-electron chi connectivity index (χ3n) is 6.00. The number of carbonyl (C=O) groups is 2. The number of piperazine rings is 1. The quantitative estimate of drug-likeness (QED) is 0.501. The number of amides is 2. The Morgan fingerprint density at radius 2 is 1.89 bits per heavy atom. The molecule has 4 rings (SSSR count). The second kappa shape index (κ2) is 10.5. The number of aromatic nitrogens is 3. The van der Waals surface area contributed by atoms with Crippen LogP contribution in [0.15, 0.2) is 49.4 Å². The van der Waals surface area contributed by atoms with E-state index in [2.05, 4.69) is 44.1 Å². The van der Waals surface area contributed by atoms with Crippen LogP contribution < -0.4 is 15.4 Å². The summed E-state index contributed by atoms with van der Waals surface area (Å²) in [6, 6.07) is 7.08. The van der Waals surface area contributed by atoms with E-state index in [9.17, 15) is 9.59 Å². The highest BCUT2D eigenvalue weighted by molar-refractivity contribution is 6.00. The fraction of sp³-hybridized carbons (Fsp3) is 0.320. The molecule has 10 heteroatoms. The van der Waals surface area contributed by atoms with Gasteiger partial charge in [0.1, 0.15) is 23.9 Å². The van der Waals surface area contributed by atoms with E-state index < -0.39 is 6.04 Å². The number of nitrogens with zero attached hydrogens (tertiary/aromatic N) is 5. The minimum absolute atomic E-state index is 0.0444. The van der Waals surface area contributed by atoms with Crippen LogP contribution in [0.1, 0.15) is 6.92 Å². The van der Waals surface area contributed by atoms with Crippen LogP contribution in [0.4, 0.5) is 11.5 Å². The second-order valence-corrected chi connectivity index (χ2v) is 8.42. The van der Waals surface area contributed by atoms with Gasteiger partial charge in [-0.1, -0.05) is 12.6 Å². The zero-order valence-electron chi connectivity index (χ0n) is 20.1. The molecule has 1 aromatic carbocycles. The molecule has 0 bridgehead atoms. The first kappa shape index (κ1) is 24.1. The van der Waals surface area contributed by atoms with E-state index in [1.165, 1.54) is 19.5 Å². The fourth-order valence-corrected chi connectivity index (χ4v) is 3.96. The summed E-state index contributed by atoms with van der Waals surface area (Å²) in [6.45, 7) is 8.49. The molecule has 1 atom stereocenters. The number of fused-ring (bicyclic) bond motifs is 1. The van der Waals surface area contributed by atoms with E-state index in [0.29, 0.717) is 30.5 Å². The molecule has 10 nitrogen and oxygen atoms in total. The van der Waals surface area contributed by atoms with Gasteiger partial charge in [0.05, 0.1) is 12.6 Å². The number of nitrogens with one attached hydrogen (secondary N) is 2. The lowest BCUT2D eigenvalue weighted by Gasteiger charge is -2.34. The second-order valence-electron chi connectivity index (χ2n) is 8.42. The fourth-order valence-electron chi connectivity index (χ4n) is 3.96. The number of pyridine rings is 1. The number of anilines is 2. The Labute approximate surface area is 204 Å². The molecule has 3 heterocycles. The standard InChI is InChI=1S/C25H29N7O3/c1-5-22(33)30-21-13-18(14-26-24(21)35-4)17-6-7-20-19(12-17)23(28-15-27-20)29-16(2)25(34)32-10-8-31(3)9-11-32/h5-7,12-16H,1,8-11H2,2-4H3,(H,30,33)(H,27,28,29)/t16-/m0/s1. The molecule has 2 N–H and O–H groups in total. The van der Waals surface area contributed by atoms with Crippen LogP contribution in [-0.2, 0) is 9.59 Å². The van der Waals surface area contributed by atoms with Gasteiger partial charge in [0.15, 0.2) is 0 Å². The molecule has 1 aliphatic rings. The Balaban J connectivity index is 1.62. The van der Waals surface area contributed by atoms with Crippen molar-refractivity contribution in [2.75, 3.05) is 51.0 Å². The Morgan fingerprint density at radius 1 is 1.11 bits per heavy atom. The number of likely N-dealkylation sites (N-methyl/N-ethyl adjacent to an activating group) is 1. The predicted molar refractivity (Wildman–Crippen MR) is 135 cm³/mol. The van der Waals surface area contributed by atoms with Crippen molar-refractivity contribution in [1.82, 2.24) is 24.8 Å². The number of benzene rings is 1. The predicted octanol–water partition coefficient (Wildman–Crippen LogP) is 2.40.